The van der Waals surface area contributed by atoms with Crippen LogP contribution < -0.4 is 11.1 Å². The molecule has 10 heteroatoms. The lowest BCUT2D eigenvalue weighted by Crippen LogP contribution is -2.40. The number of amides is 1. The first-order valence-corrected chi connectivity index (χ1v) is 8.44. The Hall–Kier alpha value is -2.13. The summed E-state index contributed by atoms with van der Waals surface area (Å²) in [4.78, 5) is 16.2. The van der Waals surface area contributed by atoms with Gasteiger partial charge in [-0.2, -0.15) is 18.3 Å². The largest absolute Gasteiger partial charge is 0.434 e. The summed E-state index contributed by atoms with van der Waals surface area (Å²) >= 11 is 5.93. The van der Waals surface area contributed by atoms with Crippen LogP contribution in [0.25, 0.3) is 5.82 Å². The van der Waals surface area contributed by atoms with E-state index < -0.39 is 29.4 Å². The lowest BCUT2D eigenvalue weighted by atomic mass is 10.1. The Morgan fingerprint density at radius 3 is 2.77 bits per heavy atom. The second-order valence-corrected chi connectivity index (χ2v) is 6.08. The van der Waals surface area contributed by atoms with Gasteiger partial charge in [0, 0.05) is 18.8 Å². The maximum atomic E-state index is 13.6. The third-order valence-corrected chi connectivity index (χ3v) is 4.04. The lowest BCUT2D eigenvalue weighted by Gasteiger charge is -2.17. The van der Waals surface area contributed by atoms with Crippen molar-refractivity contribution in [2.75, 3.05) is 6.54 Å². The third kappa shape index (κ3) is 4.53. The average Bonchev–Trinajstić information content (AvgIpc) is 3.04. The van der Waals surface area contributed by atoms with Crippen LogP contribution >= 0.6 is 11.6 Å². The topological polar surface area (TPSA) is 85.8 Å². The summed E-state index contributed by atoms with van der Waals surface area (Å²) in [6, 6.07) is 2.46. The molecule has 26 heavy (non-hydrogen) atoms. The molecular formula is C16H19ClF3N5O. The molecular weight excluding hydrogens is 371 g/mol. The van der Waals surface area contributed by atoms with Crippen molar-refractivity contribution in [3.63, 3.8) is 0 Å². The van der Waals surface area contributed by atoms with Gasteiger partial charge in [0.15, 0.2) is 11.5 Å². The highest BCUT2D eigenvalue weighted by molar-refractivity contribution is 6.32. The lowest BCUT2D eigenvalue weighted by molar-refractivity contribution is -0.143. The van der Waals surface area contributed by atoms with Gasteiger partial charge in [-0.05, 0) is 18.6 Å². The highest BCUT2D eigenvalue weighted by Crippen LogP contribution is 2.34. The molecule has 1 amide bonds. The van der Waals surface area contributed by atoms with Crippen LogP contribution in [-0.4, -0.2) is 33.3 Å². The predicted molar refractivity (Wildman–Crippen MR) is 91.2 cm³/mol. The molecule has 0 aliphatic rings. The van der Waals surface area contributed by atoms with E-state index in [2.05, 4.69) is 15.4 Å². The first kappa shape index (κ1) is 20.2. The van der Waals surface area contributed by atoms with Crippen LogP contribution in [0.5, 0.6) is 0 Å². The van der Waals surface area contributed by atoms with Crippen molar-refractivity contribution in [2.45, 2.75) is 38.4 Å². The van der Waals surface area contributed by atoms with E-state index in [1.165, 1.54) is 18.3 Å². The van der Waals surface area contributed by atoms with Crippen LogP contribution in [0, 0.1) is 0 Å². The number of alkyl halides is 3. The summed E-state index contributed by atoms with van der Waals surface area (Å²) in [6.07, 6.45) is -0.409. The molecule has 2 aromatic heterocycles. The molecule has 2 rings (SSSR count). The number of hydrogen-bond acceptors (Lipinski definition) is 4. The highest BCUT2D eigenvalue weighted by atomic mass is 35.5. The van der Waals surface area contributed by atoms with Gasteiger partial charge in [-0.15, -0.1) is 0 Å². The molecule has 2 heterocycles. The smallest absolute Gasteiger partial charge is 0.348 e. The van der Waals surface area contributed by atoms with Gasteiger partial charge in [-0.3, -0.25) is 4.79 Å². The van der Waals surface area contributed by atoms with Crippen LogP contribution in [0.2, 0.25) is 5.02 Å². The number of nitrogens with one attached hydrogen (secondary N) is 1. The fourth-order valence-corrected chi connectivity index (χ4v) is 2.65. The minimum absolute atomic E-state index is 0.0177. The number of nitrogens with two attached hydrogens (primary N) is 1. The Morgan fingerprint density at radius 1 is 1.46 bits per heavy atom. The van der Waals surface area contributed by atoms with Crippen molar-refractivity contribution in [1.82, 2.24) is 20.1 Å². The van der Waals surface area contributed by atoms with Gasteiger partial charge in [-0.1, -0.05) is 31.4 Å². The van der Waals surface area contributed by atoms with Crippen LogP contribution in [0.1, 0.15) is 42.2 Å². The van der Waals surface area contributed by atoms with E-state index >= 15 is 0 Å². The molecule has 0 spiro atoms. The summed E-state index contributed by atoms with van der Waals surface area (Å²) < 4.78 is 41.3. The average molecular weight is 390 g/mol. The van der Waals surface area contributed by atoms with E-state index in [9.17, 15) is 18.0 Å². The maximum absolute atomic E-state index is 13.6. The Kier molecular flexibility index (Phi) is 6.60. The zero-order valence-corrected chi connectivity index (χ0v) is 14.8. The molecule has 1 unspecified atom stereocenters. The number of hydrogen-bond donors (Lipinski definition) is 2. The first-order valence-electron chi connectivity index (χ1n) is 8.06. The zero-order chi connectivity index (χ0) is 19.3. The molecule has 6 nitrogen and oxygen atoms in total. The summed E-state index contributed by atoms with van der Waals surface area (Å²) in [5, 5.41) is 6.21. The van der Waals surface area contributed by atoms with Crippen molar-refractivity contribution in [2.24, 2.45) is 5.73 Å². The van der Waals surface area contributed by atoms with Crippen molar-refractivity contribution < 1.29 is 18.0 Å². The molecule has 142 valence electrons. The van der Waals surface area contributed by atoms with Gasteiger partial charge in [0.25, 0.3) is 5.91 Å². The van der Waals surface area contributed by atoms with Gasteiger partial charge in [0.1, 0.15) is 0 Å². The normalized spacial score (nSPS) is 12.8. The Morgan fingerprint density at radius 2 is 2.19 bits per heavy atom. The molecule has 0 radical (unpaired) electrons. The van der Waals surface area contributed by atoms with E-state index in [0.29, 0.717) is 11.1 Å². The molecule has 0 bridgehead atoms. The number of rotatable bonds is 7. The molecule has 0 aliphatic carbocycles. The number of halogens is 4. The van der Waals surface area contributed by atoms with Gasteiger partial charge in [-0.25, -0.2) is 9.67 Å². The van der Waals surface area contributed by atoms with E-state index in [-0.39, 0.29) is 17.4 Å². The van der Waals surface area contributed by atoms with Crippen LogP contribution in [0.15, 0.2) is 24.5 Å². The van der Waals surface area contributed by atoms with Gasteiger partial charge < -0.3 is 11.1 Å². The number of pyridine rings is 1. The summed E-state index contributed by atoms with van der Waals surface area (Å²) in [5.41, 5.74) is 3.76. The summed E-state index contributed by atoms with van der Waals surface area (Å²) in [7, 11) is 0. The number of carbonyl (C=O) groups is 1. The third-order valence-electron chi connectivity index (χ3n) is 3.75. The van der Waals surface area contributed by atoms with Crippen molar-refractivity contribution in [3.8, 4) is 5.82 Å². The van der Waals surface area contributed by atoms with E-state index in [0.717, 1.165) is 19.0 Å². The molecule has 0 saturated heterocycles. The Labute approximate surface area is 153 Å². The fraction of sp³-hybridized carbons (Fsp3) is 0.438. The highest BCUT2D eigenvalue weighted by Gasteiger charge is 2.41. The van der Waals surface area contributed by atoms with E-state index in [1.54, 1.807) is 0 Å². The minimum Gasteiger partial charge on any atom is -0.348 e. The molecule has 3 N–H and O–H groups in total. The number of unbranched alkanes of at least 4 members (excludes halogenated alkanes) is 1. The number of carbonyl (C=O) groups excluding carboxylic acids is 1. The standard InChI is InChI=1S/C16H19ClF3N5O/c1-2-3-5-10(8-21)24-15(26)11-9-23-25(13(11)16(18,19)20)14-12(17)6-4-7-22-14/h4,6-7,9-10H,2-3,5,8,21H2,1H3,(H,24,26). The summed E-state index contributed by atoms with van der Waals surface area (Å²) in [5.74, 6) is -1.09. The Bertz CT molecular complexity index is 763. The maximum Gasteiger partial charge on any atom is 0.434 e. The molecule has 0 aromatic carbocycles. The second kappa shape index (κ2) is 8.50. The van der Waals surface area contributed by atoms with Gasteiger partial charge >= 0.3 is 6.18 Å². The monoisotopic (exact) mass is 389 g/mol. The van der Waals surface area contributed by atoms with E-state index in [1.807, 2.05) is 6.92 Å². The van der Waals surface area contributed by atoms with Crippen molar-refractivity contribution in [3.05, 3.63) is 40.8 Å². The zero-order valence-electron chi connectivity index (χ0n) is 14.1. The quantitative estimate of drug-likeness (QED) is 0.761. The van der Waals surface area contributed by atoms with Crippen LogP contribution in [0.3, 0.4) is 0 Å². The molecule has 0 saturated carbocycles. The Balaban J connectivity index is 2.41. The van der Waals surface area contributed by atoms with Crippen LogP contribution in [-0.2, 0) is 6.18 Å². The first-order chi connectivity index (χ1) is 12.3. The van der Waals surface area contributed by atoms with Crippen molar-refractivity contribution in [1.29, 1.82) is 0 Å². The van der Waals surface area contributed by atoms with Crippen molar-refractivity contribution >= 4 is 17.5 Å². The number of aromatic nitrogens is 3. The predicted octanol–water partition coefficient (Wildman–Crippen LogP) is 3.19. The molecule has 0 fully saturated rings. The minimum atomic E-state index is -4.83. The number of nitrogens with zero attached hydrogens (tertiary/aromatic N) is 3. The van der Waals surface area contributed by atoms with Crippen LogP contribution in [0.4, 0.5) is 13.2 Å². The second-order valence-electron chi connectivity index (χ2n) is 5.67. The van der Waals surface area contributed by atoms with Gasteiger partial charge in [0.2, 0.25) is 0 Å². The SMILES string of the molecule is CCCCC(CN)NC(=O)c1cnn(-c2ncccc2Cl)c1C(F)(F)F. The van der Waals surface area contributed by atoms with Gasteiger partial charge in [0.05, 0.1) is 16.8 Å². The molecule has 1 atom stereocenters. The molecule has 2 aromatic rings. The fourth-order valence-electron chi connectivity index (χ4n) is 2.44. The van der Waals surface area contributed by atoms with E-state index in [4.69, 9.17) is 17.3 Å². The molecule has 0 aliphatic heterocycles. The summed E-state index contributed by atoms with van der Waals surface area (Å²) in [6.45, 7) is 2.10.